The van der Waals surface area contributed by atoms with Gasteiger partial charge in [0.05, 0.1) is 22.5 Å². The summed E-state index contributed by atoms with van der Waals surface area (Å²) in [6.07, 6.45) is -2.74. The summed E-state index contributed by atoms with van der Waals surface area (Å²) in [5, 5.41) is 18.0. The number of nitrogens with one attached hydrogen (secondary N) is 1. The van der Waals surface area contributed by atoms with Gasteiger partial charge in [-0.25, -0.2) is 4.79 Å². The van der Waals surface area contributed by atoms with E-state index in [0.29, 0.717) is 6.07 Å². The lowest BCUT2D eigenvalue weighted by Crippen LogP contribution is -2.16. The van der Waals surface area contributed by atoms with Crippen LogP contribution in [0.5, 0.6) is 0 Å². The van der Waals surface area contributed by atoms with E-state index >= 15 is 0 Å². The molecule has 0 aliphatic carbocycles. The van der Waals surface area contributed by atoms with E-state index < -0.39 is 40.6 Å². The molecule has 7 nitrogen and oxygen atoms in total. The number of nitrogens with zero attached hydrogens (tertiary/aromatic N) is 3. The van der Waals surface area contributed by atoms with Crippen LogP contribution in [0.3, 0.4) is 0 Å². The number of carbonyl (C=O) groups is 2. The lowest BCUT2D eigenvalue weighted by atomic mass is 10.1. The molecule has 1 aromatic carbocycles. The van der Waals surface area contributed by atoms with E-state index in [2.05, 4.69) is 15.5 Å². The third kappa shape index (κ3) is 3.05. The summed E-state index contributed by atoms with van der Waals surface area (Å²) < 4.78 is 40.5. The molecule has 2 rings (SSSR count). The number of rotatable bonds is 3. The first-order chi connectivity index (χ1) is 10.2. The zero-order valence-electron chi connectivity index (χ0n) is 11.0. The molecule has 0 unspecified atom stereocenters. The molecule has 0 saturated heterocycles. The number of anilines is 1. The summed E-state index contributed by atoms with van der Waals surface area (Å²) in [5.41, 5.74) is -2.50. The van der Waals surface area contributed by atoms with Crippen molar-refractivity contribution in [3.8, 4) is 5.69 Å². The number of carbonyl (C=O) groups excluding carboxylic acids is 1. The van der Waals surface area contributed by atoms with Gasteiger partial charge in [0.2, 0.25) is 5.91 Å². The van der Waals surface area contributed by atoms with Crippen LogP contribution in [0.4, 0.5) is 18.9 Å². The summed E-state index contributed by atoms with van der Waals surface area (Å²) in [5.74, 6) is -2.17. The first kappa shape index (κ1) is 15.5. The number of amides is 1. The molecule has 10 heteroatoms. The third-order valence-electron chi connectivity index (χ3n) is 2.68. The number of carboxylic acid groups (broad SMARTS) is 1. The molecule has 116 valence electrons. The number of hydrogen-bond donors (Lipinski definition) is 2. The maximum Gasteiger partial charge on any atom is 0.418 e. The standard InChI is InChI=1S/C12H9F3N4O3/c1-6(20)18-9-3-8(12(13,14)15)10(2-7(9)11(21)22)19-4-16-17-5-19/h2-5H,1H3,(H,18,20)(H,21,22). The van der Waals surface area contributed by atoms with Crippen LogP contribution in [0, 0.1) is 0 Å². The molecule has 0 fully saturated rings. The lowest BCUT2D eigenvalue weighted by Gasteiger charge is -2.17. The molecule has 0 spiro atoms. The second kappa shape index (κ2) is 5.47. The van der Waals surface area contributed by atoms with Gasteiger partial charge in [0, 0.05) is 6.92 Å². The minimum atomic E-state index is -4.76. The van der Waals surface area contributed by atoms with Crippen molar-refractivity contribution in [2.45, 2.75) is 13.1 Å². The minimum absolute atomic E-state index is 0.441. The molecular weight excluding hydrogens is 305 g/mol. The van der Waals surface area contributed by atoms with Gasteiger partial charge in [0.25, 0.3) is 0 Å². The highest BCUT2D eigenvalue weighted by molar-refractivity contribution is 6.00. The second-order valence-electron chi connectivity index (χ2n) is 4.27. The third-order valence-corrected chi connectivity index (χ3v) is 2.68. The van der Waals surface area contributed by atoms with Crippen LogP contribution in [0.2, 0.25) is 0 Å². The average Bonchev–Trinajstić information content (AvgIpc) is 2.89. The molecule has 0 radical (unpaired) electrons. The molecular formula is C12H9F3N4O3. The molecule has 1 aromatic heterocycles. The lowest BCUT2D eigenvalue weighted by molar-refractivity contribution is -0.137. The number of alkyl halides is 3. The molecule has 0 saturated carbocycles. The summed E-state index contributed by atoms with van der Waals surface area (Å²) >= 11 is 0. The van der Waals surface area contributed by atoms with Gasteiger partial charge in [-0.05, 0) is 12.1 Å². The summed E-state index contributed by atoms with van der Waals surface area (Å²) in [4.78, 5) is 22.3. The Kier molecular flexibility index (Phi) is 3.85. The Morgan fingerprint density at radius 1 is 1.23 bits per heavy atom. The molecule has 0 aliphatic rings. The van der Waals surface area contributed by atoms with Crippen LogP contribution >= 0.6 is 0 Å². The largest absolute Gasteiger partial charge is 0.478 e. The quantitative estimate of drug-likeness (QED) is 0.902. The van der Waals surface area contributed by atoms with E-state index in [1.165, 1.54) is 0 Å². The Balaban J connectivity index is 2.74. The van der Waals surface area contributed by atoms with Gasteiger partial charge in [0.1, 0.15) is 12.7 Å². The van der Waals surface area contributed by atoms with Crippen molar-refractivity contribution in [2.75, 3.05) is 5.32 Å². The molecule has 2 aromatic rings. The van der Waals surface area contributed by atoms with E-state index in [-0.39, 0.29) is 0 Å². The van der Waals surface area contributed by atoms with Crippen molar-refractivity contribution < 1.29 is 27.9 Å². The molecule has 0 bridgehead atoms. The van der Waals surface area contributed by atoms with Crippen LogP contribution in [0.1, 0.15) is 22.8 Å². The Bertz CT molecular complexity index is 726. The normalized spacial score (nSPS) is 11.3. The molecule has 2 N–H and O–H groups in total. The van der Waals surface area contributed by atoms with Crippen LogP contribution in [0.25, 0.3) is 5.69 Å². The number of aromatic carboxylic acids is 1. The number of benzene rings is 1. The van der Waals surface area contributed by atoms with Gasteiger partial charge < -0.3 is 10.4 Å². The zero-order valence-corrected chi connectivity index (χ0v) is 11.0. The average molecular weight is 314 g/mol. The number of halogens is 3. The highest BCUT2D eigenvalue weighted by Gasteiger charge is 2.36. The summed E-state index contributed by atoms with van der Waals surface area (Å²) in [6.45, 7) is 1.06. The van der Waals surface area contributed by atoms with Crippen LogP contribution in [0.15, 0.2) is 24.8 Å². The maximum absolute atomic E-state index is 13.2. The van der Waals surface area contributed by atoms with Crippen molar-refractivity contribution in [2.24, 2.45) is 0 Å². The molecule has 22 heavy (non-hydrogen) atoms. The van der Waals surface area contributed by atoms with Gasteiger partial charge in [-0.1, -0.05) is 0 Å². The van der Waals surface area contributed by atoms with Crippen LogP contribution < -0.4 is 5.32 Å². The molecule has 1 amide bonds. The fraction of sp³-hybridized carbons (Fsp3) is 0.167. The SMILES string of the molecule is CC(=O)Nc1cc(C(F)(F)F)c(-n2cnnc2)cc1C(=O)O. The van der Waals surface area contributed by atoms with Crippen molar-refractivity contribution in [3.05, 3.63) is 35.9 Å². The Morgan fingerprint density at radius 2 is 1.82 bits per heavy atom. The van der Waals surface area contributed by atoms with E-state index in [1.807, 2.05) is 0 Å². The predicted octanol–water partition coefficient (Wildman–Crippen LogP) is 1.94. The van der Waals surface area contributed by atoms with Crippen LogP contribution in [-0.4, -0.2) is 31.7 Å². The first-order valence-electron chi connectivity index (χ1n) is 5.81. The second-order valence-corrected chi connectivity index (χ2v) is 4.27. The van der Waals surface area contributed by atoms with Gasteiger partial charge in [-0.2, -0.15) is 13.2 Å². The van der Waals surface area contributed by atoms with E-state index in [1.54, 1.807) is 0 Å². The van der Waals surface area contributed by atoms with Crippen molar-refractivity contribution >= 4 is 17.6 Å². The fourth-order valence-electron chi connectivity index (χ4n) is 1.82. The van der Waals surface area contributed by atoms with Crippen molar-refractivity contribution in [1.82, 2.24) is 14.8 Å². The zero-order chi connectivity index (χ0) is 16.5. The summed E-state index contributed by atoms with van der Waals surface area (Å²) in [7, 11) is 0. The Morgan fingerprint density at radius 3 is 2.27 bits per heavy atom. The summed E-state index contributed by atoms with van der Waals surface area (Å²) in [6, 6.07) is 1.37. The smallest absolute Gasteiger partial charge is 0.418 e. The van der Waals surface area contributed by atoms with Crippen molar-refractivity contribution in [1.29, 1.82) is 0 Å². The fourth-order valence-corrected chi connectivity index (χ4v) is 1.82. The van der Waals surface area contributed by atoms with Gasteiger partial charge in [0.15, 0.2) is 0 Å². The number of aromatic nitrogens is 3. The molecule has 1 heterocycles. The van der Waals surface area contributed by atoms with E-state index in [4.69, 9.17) is 5.11 Å². The minimum Gasteiger partial charge on any atom is -0.478 e. The molecule has 0 aliphatic heterocycles. The first-order valence-corrected chi connectivity index (χ1v) is 5.81. The highest BCUT2D eigenvalue weighted by Crippen LogP contribution is 2.37. The predicted molar refractivity (Wildman–Crippen MR) is 67.6 cm³/mol. The Labute approximate surface area is 121 Å². The van der Waals surface area contributed by atoms with Crippen molar-refractivity contribution in [3.63, 3.8) is 0 Å². The van der Waals surface area contributed by atoms with Gasteiger partial charge >= 0.3 is 12.1 Å². The number of carboxylic acids is 1. The van der Waals surface area contributed by atoms with Gasteiger partial charge in [-0.3, -0.25) is 9.36 Å². The van der Waals surface area contributed by atoms with E-state index in [9.17, 15) is 22.8 Å². The Hall–Kier alpha value is -2.91. The van der Waals surface area contributed by atoms with Crippen LogP contribution in [-0.2, 0) is 11.0 Å². The molecule has 0 atom stereocenters. The highest BCUT2D eigenvalue weighted by atomic mass is 19.4. The topological polar surface area (TPSA) is 97.1 Å². The van der Waals surface area contributed by atoms with Gasteiger partial charge in [-0.15, -0.1) is 10.2 Å². The maximum atomic E-state index is 13.2. The van der Waals surface area contributed by atoms with E-state index in [0.717, 1.165) is 30.2 Å². The number of hydrogen-bond acceptors (Lipinski definition) is 4. The monoisotopic (exact) mass is 314 g/mol.